The van der Waals surface area contributed by atoms with E-state index in [1.54, 1.807) is 0 Å². The number of hydrogen-bond donors (Lipinski definition) is 0. The van der Waals surface area contributed by atoms with Gasteiger partial charge < -0.3 is 9.47 Å². The van der Waals surface area contributed by atoms with E-state index in [0.29, 0.717) is 6.10 Å². The predicted octanol–water partition coefficient (Wildman–Crippen LogP) is 1.97. The number of hydrogen-bond acceptors (Lipinski definition) is 2. The highest BCUT2D eigenvalue weighted by Gasteiger charge is 2.14. The Bertz CT molecular complexity index is 92.1. The first-order valence-electron chi connectivity index (χ1n) is 4.19. The summed E-state index contributed by atoms with van der Waals surface area (Å²) in [7, 11) is 0. The van der Waals surface area contributed by atoms with Crippen molar-refractivity contribution in [2.45, 2.75) is 25.4 Å². The third kappa shape index (κ3) is 4.09. The van der Waals surface area contributed by atoms with Gasteiger partial charge in [-0.2, -0.15) is 0 Å². The quantitative estimate of drug-likeness (QED) is 0.524. The normalized spacial score (nSPS) is 24.3. The molecule has 1 saturated heterocycles. The number of rotatable bonds is 5. The van der Waals surface area contributed by atoms with E-state index in [9.17, 15) is 0 Å². The molecule has 1 rings (SSSR count). The van der Waals surface area contributed by atoms with Gasteiger partial charge in [0.15, 0.2) is 0 Å². The van der Waals surface area contributed by atoms with Crippen molar-refractivity contribution in [1.82, 2.24) is 0 Å². The third-order valence-corrected chi connectivity index (χ3v) is 2.33. The molecule has 0 spiro atoms. The maximum Gasteiger partial charge on any atom is 0.0830 e. The van der Waals surface area contributed by atoms with Crippen molar-refractivity contribution in [3.63, 3.8) is 0 Å². The van der Waals surface area contributed by atoms with Crippen LogP contribution in [0.25, 0.3) is 0 Å². The molecule has 3 heteroatoms. The van der Waals surface area contributed by atoms with Crippen LogP contribution in [-0.4, -0.2) is 31.3 Å². The lowest BCUT2D eigenvalue weighted by molar-refractivity contribution is 0.0414. The minimum atomic E-state index is 0.380. The van der Waals surface area contributed by atoms with Crippen LogP contribution in [0.1, 0.15) is 19.3 Å². The molecule has 0 radical (unpaired) electrons. The maximum atomic E-state index is 5.56. The van der Waals surface area contributed by atoms with Crippen LogP contribution >= 0.6 is 15.9 Å². The average Bonchev–Trinajstić information content (AvgIpc) is 2.50. The van der Waals surface area contributed by atoms with Crippen LogP contribution in [0.4, 0.5) is 0 Å². The van der Waals surface area contributed by atoms with Crippen LogP contribution in [0.15, 0.2) is 0 Å². The molecule has 0 saturated carbocycles. The average molecular weight is 223 g/mol. The van der Waals surface area contributed by atoms with E-state index in [1.165, 1.54) is 6.42 Å². The number of alkyl halides is 1. The van der Waals surface area contributed by atoms with Crippen molar-refractivity contribution in [3.8, 4) is 0 Å². The standard InChI is InChI=1S/C8H15BrO2/c9-4-1-2-5-11-8-3-6-10-7-8/h8H,1-7H2/t8-/m0/s1. The minimum Gasteiger partial charge on any atom is -0.379 e. The topological polar surface area (TPSA) is 18.5 Å². The zero-order valence-corrected chi connectivity index (χ0v) is 8.31. The van der Waals surface area contributed by atoms with E-state index < -0.39 is 0 Å². The predicted molar refractivity (Wildman–Crippen MR) is 48.2 cm³/mol. The Kier molecular flexibility index (Phi) is 5.15. The molecule has 66 valence electrons. The molecule has 0 N–H and O–H groups in total. The molecule has 1 aliphatic heterocycles. The van der Waals surface area contributed by atoms with E-state index in [2.05, 4.69) is 15.9 Å². The molecule has 0 unspecified atom stereocenters. The van der Waals surface area contributed by atoms with Gasteiger partial charge >= 0.3 is 0 Å². The van der Waals surface area contributed by atoms with Crippen molar-refractivity contribution in [2.24, 2.45) is 0 Å². The lowest BCUT2D eigenvalue weighted by Crippen LogP contribution is -2.12. The molecule has 0 aromatic carbocycles. The fourth-order valence-electron chi connectivity index (χ4n) is 1.09. The summed E-state index contributed by atoms with van der Waals surface area (Å²) in [5, 5.41) is 1.08. The molecule has 1 fully saturated rings. The SMILES string of the molecule is BrCCCCO[C@H]1CCOC1. The Morgan fingerprint density at radius 3 is 3.00 bits per heavy atom. The smallest absolute Gasteiger partial charge is 0.0830 e. The monoisotopic (exact) mass is 222 g/mol. The summed E-state index contributed by atoms with van der Waals surface area (Å²) in [6, 6.07) is 0. The fourth-order valence-corrected chi connectivity index (χ4v) is 1.49. The van der Waals surface area contributed by atoms with Gasteiger partial charge in [0.05, 0.1) is 12.7 Å². The molecule has 1 heterocycles. The van der Waals surface area contributed by atoms with Crippen molar-refractivity contribution in [1.29, 1.82) is 0 Å². The van der Waals surface area contributed by atoms with E-state index in [4.69, 9.17) is 9.47 Å². The lowest BCUT2D eigenvalue weighted by Gasteiger charge is -2.08. The van der Waals surface area contributed by atoms with Gasteiger partial charge in [0, 0.05) is 18.5 Å². The van der Waals surface area contributed by atoms with Gasteiger partial charge in [-0.1, -0.05) is 15.9 Å². The summed E-state index contributed by atoms with van der Waals surface area (Å²) in [5.74, 6) is 0. The van der Waals surface area contributed by atoms with Crippen LogP contribution in [0, 0.1) is 0 Å². The van der Waals surface area contributed by atoms with Gasteiger partial charge in [0.2, 0.25) is 0 Å². The van der Waals surface area contributed by atoms with Crippen LogP contribution in [0.2, 0.25) is 0 Å². The second-order valence-corrected chi connectivity index (χ2v) is 3.55. The molecule has 2 nitrogen and oxygen atoms in total. The van der Waals surface area contributed by atoms with Crippen LogP contribution < -0.4 is 0 Å². The molecule has 0 aliphatic carbocycles. The van der Waals surface area contributed by atoms with Crippen LogP contribution in [0.5, 0.6) is 0 Å². The van der Waals surface area contributed by atoms with Crippen molar-refractivity contribution < 1.29 is 9.47 Å². The first-order valence-corrected chi connectivity index (χ1v) is 5.31. The zero-order chi connectivity index (χ0) is 7.94. The summed E-state index contributed by atoms with van der Waals surface area (Å²) in [4.78, 5) is 0. The fraction of sp³-hybridized carbons (Fsp3) is 1.00. The van der Waals surface area contributed by atoms with E-state index in [0.717, 1.165) is 38.0 Å². The summed E-state index contributed by atoms with van der Waals surface area (Å²) >= 11 is 3.38. The van der Waals surface area contributed by atoms with E-state index in [1.807, 2.05) is 0 Å². The molecular formula is C8H15BrO2. The second kappa shape index (κ2) is 5.98. The molecule has 0 aromatic heterocycles. The van der Waals surface area contributed by atoms with Crippen molar-refractivity contribution in [3.05, 3.63) is 0 Å². The molecule has 0 bridgehead atoms. The summed E-state index contributed by atoms with van der Waals surface area (Å²) in [5.41, 5.74) is 0. The first-order chi connectivity index (χ1) is 5.43. The molecule has 1 atom stereocenters. The summed E-state index contributed by atoms with van der Waals surface area (Å²) < 4.78 is 10.7. The zero-order valence-electron chi connectivity index (χ0n) is 6.72. The Hall–Kier alpha value is 0.400. The molecule has 0 aromatic rings. The highest BCUT2D eigenvalue weighted by molar-refractivity contribution is 9.09. The molecule has 0 amide bonds. The van der Waals surface area contributed by atoms with Gasteiger partial charge in [-0.05, 0) is 19.3 Å². The second-order valence-electron chi connectivity index (χ2n) is 2.75. The Balaban J connectivity index is 1.86. The number of halogens is 1. The van der Waals surface area contributed by atoms with Crippen LogP contribution in [-0.2, 0) is 9.47 Å². The largest absolute Gasteiger partial charge is 0.379 e. The number of ether oxygens (including phenoxy) is 2. The van der Waals surface area contributed by atoms with Crippen LogP contribution in [0.3, 0.4) is 0 Å². The summed E-state index contributed by atoms with van der Waals surface area (Å²) in [6.07, 6.45) is 3.81. The lowest BCUT2D eigenvalue weighted by atomic mass is 10.3. The summed E-state index contributed by atoms with van der Waals surface area (Å²) in [6.45, 7) is 2.57. The minimum absolute atomic E-state index is 0.380. The Morgan fingerprint density at radius 2 is 2.36 bits per heavy atom. The van der Waals surface area contributed by atoms with Gasteiger partial charge in [-0.3, -0.25) is 0 Å². The third-order valence-electron chi connectivity index (χ3n) is 1.77. The van der Waals surface area contributed by atoms with E-state index in [-0.39, 0.29) is 0 Å². The maximum absolute atomic E-state index is 5.56. The Morgan fingerprint density at radius 1 is 1.45 bits per heavy atom. The van der Waals surface area contributed by atoms with Gasteiger partial charge in [0.25, 0.3) is 0 Å². The Labute approximate surface area is 76.4 Å². The van der Waals surface area contributed by atoms with Gasteiger partial charge in [-0.15, -0.1) is 0 Å². The first kappa shape index (κ1) is 9.49. The number of unbranched alkanes of at least 4 members (excludes halogenated alkanes) is 1. The molecule has 1 aliphatic rings. The molecule has 11 heavy (non-hydrogen) atoms. The van der Waals surface area contributed by atoms with E-state index >= 15 is 0 Å². The highest BCUT2D eigenvalue weighted by atomic mass is 79.9. The highest BCUT2D eigenvalue weighted by Crippen LogP contribution is 2.08. The molecular weight excluding hydrogens is 208 g/mol. The van der Waals surface area contributed by atoms with Gasteiger partial charge in [-0.25, -0.2) is 0 Å². The van der Waals surface area contributed by atoms with Gasteiger partial charge in [0.1, 0.15) is 0 Å². The van der Waals surface area contributed by atoms with Crippen molar-refractivity contribution in [2.75, 3.05) is 25.2 Å². The van der Waals surface area contributed by atoms with Crippen molar-refractivity contribution >= 4 is 15.9 Å².